The quantitative estimate of drug-likeness (QED) is 0.851. The van der Waals surface area contributed by atoms with Crippen molar-refractivity contribution in [3.8, 4) is 0 Å². The standard InChI is InChI=1S/C12H15BrN2OS2/c13-10-5-8(7-18-10)12(16)15(6-11(14)17)9-3-1-2-4-9/h5,7,9H,1-4,6H2,(H2,14,17). The van der Waals surface area contributed by atoms with Crippen molar-refractivity contribution in [2.45, 2.75) is 31.7 Å². The van der Waals surface area contributed by atoms with E-state index < -0.39 is 0 Å². The maximum absolute atomic E-state index is 12.5. The fourth-order valence-corrected chi connectivity index (χ4v) is 3.61. The summed E-state index contributed by atoms with van der Waals surface area (Å²) in [6.45, 7) is 0.381. The van der Waals surface area contributed by atoms with Gasteiger partial charge in [0.15, 0.2) is 0 Å². The van der Waals surface area contributed by atoms with Crippen LogP contribution < -0.4 is 5.73 Å². The van der Waals surface area contributed by atoms with Crippen molar-refractivity contribution < 1.29 is 4.79 Å². The highest BCUT2D eigenvalue weighted by molar-refractivity contribution is 9.11. The van der Waals surface area contributed by atoms with Gasteiger partial charge < -0.3 is 10.6 Å². The number of rotatable bonds is 4. The van der Waals surface area contributed by atoms with E-state index in [4.69, 9.17) is 18.0 Å². The fourth-order valence-electron chi connectivity index (χ4n) is 2.34. The van der Waals surface area contributed by atoms with Gasteiger partial charge >= 0.3 is 0 Å². The second kappa shape index (κ2) is 6.12. The van der Waals surface area contributed by atoms with Crippen LogP contribution in [0.4, 0.5) is 0 Å². The van der Waals surface area contributed by atoms with E-state index in [-0.39, 0.29) is 11.9 Å². The lowest BCUT2D eigenvalue weighted by atomic mass is 10.1. The molecule has 0 bridgehead atoms. The van der Waals surface area contributed by atoms with Crippen molar-refractivity contribution in [3.05, 3.63) is 20.8 Å². The maximum Gasteiger partial charge on any atom is 0.255 e. The molecule has 0 saturated heterocycles. The van der Waals surface area contributed by atoms with E-state index in [2.05, 4.69) is 15.9 Å². The van der Waals surface area contributed by atoms with Crippen LogP contribution in [0.15, 0.2) is 15.2 Å². The number of nitrogens with zero attached hydrogens (tertiary/aromatic N) is 1. The number of nitrogens with two attached hydrogens (primary N) is 1. The zero-order valence-electron chi connectivity index (χ0n) is 9.89. The molecule has 2 rings (SSSR count). The molecule has 0 radical (unpaired) electrons. The largest absolute Gasteiger partial charge is 0.392 e. The predicted molar refractivity (Wildman–Crippen MR) is 82.1 cm³/mol. The monoisotopic (exact) mass is 346 g/mol. The van der Waals surface area contributed by atoms with Gasteiger partial charge in [-0.05, 0) is 34.8 Å². The Kier molecular flexibility index (Phi) is 4.75. The summed E-state index contributed by atoms with van der Waals surface area (Å²) in [4.78, 5) is 14.7. The van der Waals surface area contributed by atoms with Gasteiger partial charge in [-0.3, -0.25) is 4.79 Å². The van der Waals surface area contributed by atoms with Crippen LogP contribution in [0, 0.1) is 0 Å². The smallest absolute Gasteiger partial charge is 0.255 e. The van der Waals surface area contributed by atoms with E-state index in [1.807, 2.05) is 16.3 Å². The van der Waals surface area contributed by atoms with Crippen molar-refractivity contribution in [2.75, 3.05) is 6.54 Å². The molecule has 0 atom stereocenters. The highest BCUT2D eigenvalue weighted by Gasteiger charge is 2.28. The lowest BCUT2D eigenvalue weighted by Crippen LogP contribution is -2.43. The third-order valence-electron chi connectivity index (χ3n) is 3.17. The Balaban J connectivity index is 2.17. The van der Waals surface area contributed by atoms with Gasteiger partial charge in [0.25, 0.3) is 5.91 Å². The molecule has 1 aliphatic carbocycles. The molecule has 98 valence electrons. The number of carbonyl (C=O) groups is 1. The summed E-state index contributed by atoms with van der Waals surface area (Å²) in [5.41, 5.74) is 6.33. The van der Waals surface area contributed by atoms with Gasteiger partial charge in [0.1, 0.15) is 0 Å². The SMILES string of the molecule is NC(=S)CN(C(=O)c1csc(Br)c1)C1CCCC1. The summed E-state index contributed by atoms with van der Waals surface area (Å²) in [7, 11) is 0. The molecule has 1 amide bonds. The van der Waals surface area contributed by atoms with Gasteiger partial charge in [0, 0.05) is 11.4 Å². The molecule has 6 heteroatoms. The Labute approximate surface area is 124 Å². The molecule has 1 aliphatic rings. The minimum Gasteiger partial charge on any atom is -0.392 e. The number of amides is 1. The Morgan fingerprint density at radius 3 is 2.72 bits per heavy atom. The topological polar surface area (TPSA) is 46.3 Å². The second-order valence-corrected chi connectivity index (χ2v) is 7.29. The molecule has 1 heterocycles. The third-order valence-corrected chi connectivity index (χ3v) is 4.80. The van der Waals surface area contributed by atoms with Crippen LogP contribution in [0.25, 0.3) is 0 Å². The average Bonchev–Trinajstić information content (AvgIpc) is 2.95. The highest BCUT2D eigenvalue weighted by atomic mass is 79.9. The molecule has 1 saturated carbocycles. The molecule has 2 N–H and O–H groups in total. The van der Waals surface area contributed by atoms with E-state index in [1.165, 1.54) is 24.2 Å². The highest BCUT2D eigenvalue weighted by Crippen LogP contribution is 2.27. The fraction of sp³-hybridized carbons (Fsp3) is 0.500. The van der Waals surface area contributed by atoms with Gasteiger partial charge in [-0.25, -0.2) is 0 Å². The van der Waals surface area contributed by atoms with E-state index >= 15 is 0 Å². The Hall–Kier alpha value is -0.460. The van der Waals surface area contributed by atoms with Crippen LogP contribution >= 0.6 is 39.5 Å². The molecular formula is C12H15BrN2OS2. The zero-order chi connectivity index (χ0) is 13.1. The van der Waals surface area contributed by atoms with Crippen LogP contribution in [0.2, 0.25) is 0 Å². The third kappa shape index (κ3) is 3.30. The molecular weight excluding hydrogens is 332 g/mol. The maximum atomic E-state index is 12.5. The number of thiophene rings is 1. The molecule has 0 aliphatic heterocycles. The van der Waals surface area contributed by atoms with Crippen molar-refractivity contribution in [1.82, 2.24) is 4.90 Å². The summed E-state index contributed by atoms with van der Waals surface area (Å²) < 4.78 is 0.965. The molecule has 1 fully saturated rings. The summed E-state index contributed by atoms with van der Waals surface area (Å²) in [6, 6.07) is 2.15. The number of thiocarbonyl (C=S) groups is 1. The van der Waals surface area contributed by atoms with Gasteiger partial charge in [-0.1, -0.05) is 25.1 Å². The first-order chi connectivity index (χ1) is 8.58. The first-order valence-corrected chi connectivity index (χ1v) is 7.99. The molecule has 0 spiro atoms. The first-order valence-electron chi connectivity index (χ1n) is 5.91. The van der Waals surface area contributed by atoms with Gasteiger partial charge in [-0.15, -0.1) is 11.3 Å². The normalized spacial score (nSPS) is 15.8. The molecule has 3 nitrogen and oxygen atoms in total. The lowest BCUT2D eigenvalue weighted by molar-refractivity contribution is 0.0715. The second-order valence-electron chi connectivity index (χ2n) is 4.48. The minimum absolute atomic E-state index is 0.0386. The number of hydrogen-bond acceptors (Lipinski definition) is 3. The number of carbonyl (C=O) groups excluding carboxylic acids is 1. The lowest BCUT2D eigenvalue weighted by Gasteiger charge is -2.28. The van der Waals surface area contributed by atoms with Crippen LogP contribution in [0.3, 0.4) is 0 Å². The minimum atomic E-state index is 0.0386. The Morgan fingerprint density at radius 2 is 2.22 bits per heavy atom. The van der Waals surface area contributed by atoms with Crippen molar-refractivity contribution >= 4 is 50.4 Å². The Morgan fingerprint density at radius 1 is 1.56 bits per heavy atom. The van der Waals surface area contributed by atoms with Gasteiger partial charge in [0.2, 0.25) is 0 Å². The molecule has 1 aromatic heterocycles. The predicted octanol–water partition coefficient (Wildman–Crippen LogP) is 3.18. The summed E-state index contributed by atoms with van der Waals surface area (Å²) in [5, 5.41) is 1.87. The zero-order valence-corrected chi connectivity index (χ0v) is 13.1. The van der Waals surface area contributed by atoms with Gasteiger partial charge in [0.05, 0.1) is 20.9 Å². The summed E-state index contributed by atoms with van der Waals surface area (Å²) in [5.74, 6) is 0.0386. The summed E-state index contributed by atoms with van der Waals surface area (Å²) >= 11 is 9.86. The van der Waals surface area contributed by atoms with Crippen molar-refractivity contribution in [2.24, 2.45) is 5.73 Å². The number of halogens is 1. The van der Waals surface area contributed by atoms with Gasteiger partial charge in [-0.2, -0.15) is 0 Å². The van der Waals surface area contributed by atoms with E-state index in [9.17, 15) is 4.79 Å². The molecule has 1 aromatic rings. The van der Waals surface area contributed by atoms with Crippen LogP contribution in [0.1, 0.15) is 36.0 Å². The van der Waals surface area contributed by atoms with Crippen molar-refractivity contribution in [1.29, 1.82) is 0 Å². The number of hydrogen-bond donors (Lipinski definition) is 1. The molecule has 0 unspecified atom stereocenters. The van der Waals surface area contributed by atoms with Crippen LogP contribution in [0.5, 0.6) is 0 Å². The Bertz CT molecular complexity index is 455. The van der Waals surface area contributed by atoms with Crippen molar-refractivity contribution in [3.63, 3.8) is 0 Å². The average molecular weight is 347 g/mol. The molecule has 0 aromatic carbocycles. The summed E-state index contributed by atoms with van der Waals surface area (Å²) in [6.07, 6.45) is 4.47. The van der Waals surface area contributed by atoms with Crippen LogP contribution in [-0.4, -0.2) is 28.4 Å². The first kappa shape index (κ1) is 14.0. The van der Waals surface area contributed by atoms with E-state index in [0.717, 1.165) is 22.2 Å². The van der Waals surface area contributed by atoms with Crippen LogP contribution in [-0.2, 0) is 0 Å². The van der Waals surface area contributed by atoms with E-state index in [1.54, 1.807) is 0 Å². The van der Waals surface area contributed by atoms with E-state index in [0.29, 0.717) is 11.5 Å². The molecule has 18 heavy (non-hydrogen) atoms.